The third kappa shape index (κ3) is 13.7. The van der Waals surface area contributed by atoms with E-state index in [-0.39, 0.29) is 11.9 Å². The summed E-state index contributed by atoms with van der Waals surface area (Å²) in [6, 6.07) is -0.658. The van der Waals surface area contributed by atoms with Gasteiger partial charge in [-0.3, -0.25) is 0 Å². The molecular formula is C21H39NO4. The van der Waals surface area contributed by atoms with Crippen molar-refractivity contribution in [3.05, 3.63) is 12.7 Å². The van der Waals surface area contributed by atoms with Gasteiger partial charge in [0.25, 0.3) is 0 Å². The zero-order valence-electron chi connectivity index (χ0n) is 17.1. The summed E-state index contributed by atoms with van der Waals surface area (Å²) < 4.78 is 10.4. The van der Waals surface area contributed by atoms with Crippen molar-refractivity contribution in [3.63, 3.8) is 0 Å². The fourth-order valence-electron chi connectivity index (χ4n) is 2.51. The maximum Gasteiger partial charge on any atom is 0.407 e. The molecule has 0 heterocycles. The number of hydrogen-bond donors (Lipinski definition) is 1. The van der Waals surface area contributed by atoms with Gasteiger partial charge in [-0.1, -0.05) is 65.4 Å². The molecule has 5 nitrogen and oxygen atoms in total. The van der Waals surface area contributed by atoms with Crippen molar-refractivity contribution >= 4 is 12.1 Å². The molecule has 1 unspecified atom stereocenters. The van der Waals surface area contributed by atoms with Crippen molar-refractivity contribution in [1.29, 1.82) is 0 Å². The van der Waals surface area contributed by atoms with E-state index >= 15 is 0 Å². The molecule has 5 heteroatoms. The Hall–Kier alpha value is -1.52. The Morgan fingerprint density at radius 2 is 1.50 bits per heavy atom. The second kappa shape index (κ2) is 16.9. The minimum Gasteiger partial charge on any atom is -0.464 e. The lowest BCUT2D eigenvalue weighted by Crippen LogP contribution is -2.45. The summed E-state index contributed by atoms with van der Waals surface area (Å²) in [6.45, 7) is 10.3. The summed E-state index contributed by atoms with van der Waals surface area (Å²) >= 11 is 0. The lowest BCUT2D eigenvalue weighted by Gasteiger charge is -2.20. The van der Waals surface area contributed by atoms with Crippen LogP contribution in [0.15, 0.2) is 12.7 Å². The summed E-state index contributed by atoms with van der Waals surface area (Å²) in [5.41, 5.74) is 0. The molecule has 0 aromatic heterocycles. The summed E-state index contributed by atoms with van der Waals surface area (Å²) in [5.74, 6) is -0.423. The van der Waals surface area contributed by atoms with Crippen LogP contribution >= 0.6 is 0 Å². The Morgan fingerprint density at radius 3 is 2.08 bits per heavy atom. The number of amides is 1. The van der Waals surface area contributed by atoms with Crippen molar-refractivity contribution in [2.75, 3.05) is 13.2 Å². The van der Waals surface area contributed by atoms with Crippen LogP contribution in [0.4, 0.5) is 4.79 Å². The maximum absolute atomic E-state index is 12.2. The number of ether oxygens (including phenoxy) is 2. The average Bonchev–Trinajstić information content (AvgIpc) is 2.61. The SMILES string of the molecule is C=CCCCCCCCCCOC(=O)C(NC(=O)OCCCC)C(C)C. The molecule has 1 N–H and O–H groups in total. The maximum atomic E-state index is 12.2. The molecule has 0 radical (unpaired) electrons. The van der Waals surface area contributed by atoms with Gasteiger partial charge in [0.05, 0.1) is 13.2 Å². The van der Waals surface area contributed by atoms with E-state index in [1.165, 1.54) is 32.1 Å². The van der Waals surface area contributed by atoms with Gasteiger partial charge in [0.2, 0.25) is 0 Å². The zero-order valence-corrected chi connectivity index (χ0v) is 17.1. The molecule has 0 aliphatic carbocycles. The van der Waals surface area contributed by atoms with E-state index in [0.29, 0.717) is 13.2 Å². The Bertz CT molecular complexity index is 382. The summed E-state index contributed by atoms with van der Waals surface area (Å²) in [6.07, 6.45) is 12.4. The number of nitrogens with one attached hydrogen (secondary N) is 1. The summed E-state index contributed by atoms with van der Waals surface area (Å²) in [4.78, 5) is 23.9. The standard InChI is InChI=1S/C21H39NO4/c1-5-7-9-10-11-12-13-14-15-17-25-20(23)19(18(3)4)22-21(24)26-16-8-6-2/h5,18-19H,1,6-17H2,2-4H3,(H,22,24). The second-order valence-corrected chi connectivity index (χ2v) is 7.08. The van der Waals surface area contributed by atoms with Crippen LogP contribution in [0, 0.1) is 5.92 Å². The van der Waals surface area contributed by atoms with Gasteiger partial charge in [-0.25, -0.2) is 9.59 Å². The predicted molar refractivity (Wildman–Crippen MR) is 106 cm³/mol. The van der Waals surface area contributed by atoms with Gasteiger partial charge in [0, 0.05) is 0 Å². The van der Waals surface area contributed by atoms with Crippen LogP contribution in [0.3, 0.4) is 0 Å². The minimum atomic E-state index is -0.658. The molecule has 0 saturated heterocycles. The van der Waals surface area contributed by atoms with Gasteiger partial charge in [0.1, 0.15) is 6.04 Å². The second-order valence-electron chi connectivity index (χ2n) is 7.08. The van der Waals surface area contributed by atoms with Crippen molar-refractivity contribution in [3.8, 4) is 0 Å². The summed E-state index contributed by atoms with van der Waals surface area (Å²) in [7, 11) is 0. The Balaban J connectivity index is 3.84. The highest BCUT2D eigenvalue weighted by Crippen LogP contribution is 2.10. The highest BCUT2D eigenvalue weighted by molar-refractivity contribution is 5.81. The third-order valence-electron chi connectivity index (χ3n) is 4.22. The minimum absolute atomic E-state index is 0.0446. The molecule has 1 atom stereocenters. The van der Waals surface area contributed by atoms with E-state index in [1.807, 2.05) is 26.8 Å². The van der Waals surface area contributed by atoms with E-state index in [4.69, 9.17) is 9.47 Å². The van der Waals surface area contributed by atoms with E-state index < -0.39 is 12.1 Å². The molecule has 26 heavy (non-hydrogen) atoms. The number of alkyl carbamates (subject to hydrolysis) is 1. The molecule has 0 spiro atoms. The highest BCUT2D eigenvalue weighted by Gasteiger charge is 2.26. The van der Waals surface area contributed by atoms with Crippen LogP contribution in [0.2, 0.25) is 0 Å². The molecule has 0 rings (SSSR count). The molecule has 0 bridgehead atoms. The number of carbonyl (C=O) groups excluding carboxylic acids is 2. The van der Waals surface area contributed by atoms with E-state index in [9.17, 15) is 9.59 Å². The number of hydrogen-bond acceptors (Lipinski definition) is 4. The van der Waals surface area contributed by atoms with E-state index in [0.717, 1.165) is 32.1 Å². The molecule has 152 valence electrons. The van der Waals surface area contributed by atoms with Gasteiger partial charge in [0.15, 0.2) is 0 Å². The highest BCUT2D eigenvalue weighted by atomic mass is 16.6. The van der Waals surface area contributed by atoms with E-state index in [1.54, 1.807) is 0 Å². The fraction of sp³-hybridized carbons (Fsp3) is 0.810. The molecule has 0 aromatic rings. The smallest absolute Gasteiger partial charge is 0.407 e. The largest absolute Gasteiger partial charge is 0.464 e. The first kappa shape index (κ1) is 24.5. The van der Waals surface area contributed by atoms with Crippen LogP contribution < -0.4 is 5.32 Å². The number of unbranched alkanes of at least 4 members (excludes halogenated alkanes) is 8. The van der Waals surface area contributed by atoms with Gasteiger partial charge >= 0.3 is 12.1 Å². The van der Waals surface area contributed by atoms with Crippen molar-refractivity contribution in [1.82, 2.24) is 5.32 Å². The van der Waals surface area contributed by atoms with Crippen molar-refractivity contribution in [2.24, 2.45) is 5.92 Å². The van der Waals surface area contributed by atoms with Crippen LogP contribution in [-0.2, 0) is 14.3 Å². The predicted octanol–water partition coefficient (Wildman–Crippen LogP) is 5.39. The Morgan fingerprint density at radius 1 is 0.923 bits per heavy atom. The fourth-order valence-corrected chi connectivity index (χ4v) is 2.51. The topological polar surface area (TPSA) is 64.6 Å². The monoisotopic (exact) mass is 369 g/mol. The average molecular weight is 370 g/mol. The Labute approximate surface area is 159 Å². The number of rotatable bonds is 16. The first-order chi connectivity index (χ1) is 12.5. The lowest BCUT2D eigenvalue weighted by atomic mass is 10.1. The molecule has 0 fully saturated rings. The van der Waals surface area contributed by atoms with E-state index in [2.05, 4.69) is 11.9 Å². The van der Waals surface area contributed by atoms with Gasteiger partial charge in [-0.2, -0.15) is 0 Å². The lowest BCUT2D eigenvalue weighted by molar-refractivity contribution is -0.147. The zero-order chi connectivity index (χ0) is 19.6. The first-order valence-corrected chi connectivity index (χ1v) is 10.2. The van der Waals surface area contributed by atoms with Crippen LogP contribution in [0.5, 0.6) is 0 Å². The molecular weight excluding hydrogens is 330 g/mol. The summed E-state index contributed by atoms with van der Waals surface area (Å²) in [5, 5.41) is 2.62. The molecule has 0 aliphatic heterocycles. The van der Waals surface area contributed by atoms with Crippen LogP contribution in [0.25, 0.3) is 0 Å². The van der Waals surface area contributed by atoms with Crippen molar-refractivity contribution < 1.29 is 19.1 Å². The van der Waals surface area contributed by atoms with Crippen LogP contribution in [-0.4, -0.2) is 31.3 Å². The molecule has 0 aliphatic rings. The Kier molecular flexibility index (Phi) is 15.9. The number of allylic oxidation sites excluding steroid dienone is 1. The molecule has 0 saturated carbocycles. The quantitative estimate of drug-likeness (QED) is 0.225. The first-order valence-electron chi connectivity index (χ1n) is 10.2. The van der Waals surface area contributed by atoms with Gasteiger partial charge in [-0.15, -0.1) is 6.58 Å². The third-order valence-corrected chi connectivity index (χ3v) is 4.22. The van der Waals surface area contributed by atoms with Crippen molar-refractivity contribution in [2.45, 2.75) is 91.0 Å². The number of esters is 1. The normalized spacial score (nSPS) is 11.8. The molecule has 1 amide bonds. The van der Waals surface area contributed by atoms with Gasteiger partial charge in [-0.05, 0) is 31.6 Å². The van der Waals surface area contributed by atoms with Crippen LogP contribution in [0.1, 0.15) is 85.0 Å². The molecule has 0 aromatic carbocycles. The number of carbonyl (C=O) groups is 2. The van der Waals surface area contributed by atoms with Gasteiger partial charge < -0.3 is 14.8 Å².